The summed E-state index contributed by atoms with van der Waals surface area (Å²) in [5, 5.41) is 0. The highest BCUT2D eigenvalue weighted by Gasteiger charge is 2.26. The molecule has 0 radical (unpaired) electrons. The third kappa shape index (κ3) is 5.30. The molecule has 1 amide bonds. The van der Waals surface area contributed by atoms with Crippen LogP contribution in [-0.4, -0.2) is 60.4 Å². The van der Waals surface area contributed by atoms with E-state index < -0.39 is 0 Å². The summed E-state index contributed by atoms with van der Waals surface area (Å²) in [5.41, 5.74) is 0. The van der Waals surface area contributed by atoms with Crippen molar-refractivity contribution >= 4 is 17.7 Å². The Morgan fingerprint density at radius 3 is 2.76 bits per heavy atom. The van der Waals surface area contributed by atoms with E-state index in [-0.39, 0.29) is 0 Å². The van der Waals surface area contributed by atoms with Gasteiger partial charge in [0.2, 0.25) is 5.91 Å². The van der Waals surface area contributed by atoms with Crippen molar-refractivity contribution in [3.05, 3.63) is 0 Å². The van der Waals surface area contributed by atoms with E-state index in [0.29, 0.717) is 24.3 Å². The quantitative estimate of drug-likeness (QED) is 0.770. The molecule has 100 valence electrons. The van der Waals surface area contributed by atoms with Gasteiger partial charge in [-0.3, -0.25) is 4.79 Å². The van der Waals surface area contributed by atoms with Gasteiger partial charge in [-0.15, -0.1) is 0 Å². The molecule has 1 aliphatic rings. The van der Waals surface area contributed by atoms with Crippen LogP contribution in [0.1, 0.15) is 26.7 Å². The molecule has 1 fully saturated rings. The van der Waals surface area contributed by atoms with Gasteiger partial charge in [0.15, 0.2) is 0 Å². The van der Waals surface area contributed by atoms with Crippen molar-refractivity contribution in [1.29, 1.82) is 0 Å². The molecule has 1 rings (SSSR count). The lowest BCUT2D eigenvalue weighted by Crippen LogP contribution is -2.47. The molecule has 1 heterocycles. The number of hydrogen-bond donors (Lipinski definition) is 0. The molecule has 17 heavy (non-hydrogen) atoms. The third-order valence-electron chi connectivity index (χ3n) is 2.92. The second kappa shape index (κ2) is 7.27. The van der Waals surface area contributed by atoms with Crippen LogP contribution in [0.3, 0.4) is 0 Å². The molecule has 4 heteroatoms. The van der Waals surface area contributed by atoms with Crippen LogP contribution in [0, 0.1) is 5.92 Å². The van der Waals surface area contributed by atoms with E-state index in [1.807, 2.05) is 11.8 Å². The molecule has 0 aromatic carbocycles. The largest absolute Gasteiger partial charge is 0.338 e. The van der Waals surface area contributed by atoms with Gasteiger partial charge in [0, 0.05) is 25.3 Å². The topological polar surface area (TPSA) is 23.6 Å². The van der Waals surface area contributed by atoms with Crippen molar-refractivity contribution in [2.24, 2.45) is 5.92 Å². The molecule has 0 saturated carbocycles. The zero-order chi connectivity index (χ0) is 12.8. The van der Waals surface area contributed by atoms with Crippen molar-refractivity contribution in [1.82, 2.24) is 9.80 Å². The van der Waals surface area contributed by atoms with Gasteiger partial charge in [0.1, 0.15) is 0 Å². The standard InChI is InChI=1S/C13H26N2OS/c1-11(2)8-13(16)15-6-5-7-17-10-12(15)9-14(3)4/h11-12H,5-10H2,1-4H3. The summed E-state index contributed by atoms with van der Waals surface area (Å²) in [7, 11) is 4.17. The van der Waals surface area contributed by atoms with E-state index in [2.05, 4.69) is 37.7 Å². The third-order valence-corrected chi connectivity index (χ3v) is 4.12. The molecule has 0 aromatic heterocycles. The normalized spacial score (nSPS) is 22.0. The van der Waals surface area contributed by atoms with Gasteiger partial charge in [-0.05, 0) is 32.2 Å². The molecule has 0 bridgehead atoms. The van der Waals surface area contributed by atoms with Crippen molar-refractivity contribution in [3.63, 3.8) is 0 Å². The molecule has 0 aromatic rings. The van der Waals surface area contributed by atoms with Crippen molar-refractivity contribution in [2.45, 2.75) is 32.7 Å². The van der Waals surface area contributed by atoms with Gasteiger partial charge in [-0.2, -0.15) is 11.8 Å². The lowest BCUT2D eigenvalue weighted by Gasteiger charge is -2.32. The fourth-order valence-electron chi connectivity index (χ4n) is 2.20. The fourth-order valence-corrected chi connectivity index (χ4v) is 3.25. The smallest absolute Gasteiger partial charge is 0.223 e. The predicted molar refractivity (Wildman–Crippen MR) is 75.5 cm³/mol. The molecule has 1 aliphatic heterocycles. The molecule has 0 aliphatic carbocycles. The SMILES string of the molecule is CC(C)CC(=O)N1CCCSCC1CN(C)C. The average molecular weight is 258 g/mol. The Bertz CT molecular complexity index is 244. The number of carbonyl (C=O) groups excluding carboxylic acids is 1. The summed E-state index contributed by atoms with van der Waals surface area (Å²) >= 11 is 1.99. The van der Waals surface area contributed by atoms with E-state index in [0.717, 1.165) is 25.3 Å². The first-order chi connectivity index (χ1) is 8.00. The zero-order valence-corrected chi connectivity index (χ0v) is 12.4. The van der Waals surface area contributed by atoms with Crippen LogP contribution >= 0.6 is 11.8 Å². The molecule has 1 saturated heterocycles. The molecule has 0 spiro atoms. The number of carbonyl (C=O) groups is 1. The summed E-state index contributed by atoms with van der Waals surface area (Å²) < 4.78 is 0. The minimum Gasteiger partial charge on any atom is -0.338 e. The Morgan fingerprint density at radius 2 is 2.18 bits per heavy atom. The monoisotopic (exact) mass is 258 g/mol. The predicted octanol–water partition coefficient (Wildman–Crippen LogP) is 1.93. The molecule has 1 unspecified atom stereocenters. The van der Waals surface area contributed by atoms with Gasteiger partial charge in [0.05, 0.1) is 6.04 Å². The van der Waals surface area contributed by atoms with E-state index >= 15 is 0 Å². The van der Waals surface area contributed by atoms with E-state index in [9.17, 15) is 4.79 Å². The van der Waals surface area contributed by atoms with Crippen LogP contribution < -0.4 is 0 Å². The minimum atomic E-state index is 0.342. The first-order valence-electron chi connectivity index (χ1n) is 6.52. The van der Waals surface area contributed by atoms with Crippen LogP contribution in [0.25, 0.3) is 0 Å². The number of nitrogens with zero attached hydrogens (tertiary/aromatic N) is 2. The van der Waals surface area contributed by atoms with E-state index in [1.54, 1.807) is 0 Å². The van der Waals surface area contributed by atoms with Crippen LogP contribution in [-0.2, 0) is 4.79 Å². The highest BCUT2D eigenvalue weighted by molar-refractivity contribution is 7.99. The van der Waals surface area contributed by atoms with Crippen molar-refractivity contribution in [3.8, 4) is 0 Å². The number of amides is 1. The van der Waals surface area contributed by atoms with Crippen LogP contribution in [0.2, 0.25) is 0 Å². The summed E-state index contributed by atoms with van der Waals surface area (Å²) in [6.45, 7) is 6.16. The molecule has 3 nitrogen and oxygen atoms in total. The summed E-state index contributed by atoms with van der Waals surface area (Å²) in [6, 6.07) is 0.392. The Morgan fingerprint density at radius 1 is 1.47 bits per heavy atom. The second-order valence-electron chi connectivity index (χ2n) is 5.53. The summed E-state index contributed by atoms with van der Waals surface area (Å²) in [4.78, 5) is 16.6. The highest BCUT2D eigenvalue weighted by Crippen LogP contribution is 2.19. The average Bonchev–Trinajstić information content (AvgIpc) is 2.41. The molecular formula is C13H26N2OS. The maximum absolute atomic E-state index is 12.3. The molecule has 1 atom stereocenters. The first-order valence-corrected chi connectivity index (χ1v) is 7.68. The van der Waals surface area contributed by atoms with E-state index in [1.165, 1.54) is 5.75 Å². The maximum atomic E-state index is 12.3. The lowest BCUT2D eigenvalue weighted by atomic mass is 10.1. The lowest BCUT2D eigenvalue weighted by molar-refractivity contribution is -0.134. The fraction of sp³-hybridized carbons (Fsp3) is 0.923. The van der Waals surface area contributed by atoms with Gasteiger partial charge in [0.25, 0.3) is 0 Å². The number of thioether (sulfide) groups is 1. The van der Waals surface area contributed by atoms with Crippen LogP contribution in [0.15, 0.2) is 0 Å². The first kappa shape index (κ1) is 14.8. The summed E-state index contributed by atoms with van der Waals surface area (Å²) in [5.74, 6) is 3.07. The molecular weight excluding hydrogens is 232 g/mol. The maximum Gasteiger partial charge on any atom is 0.223 e. The van der Waals surface area contributed by atoms with Crippen LogP contribution in [0.4, 0.5) is 0 Å². The van der Waals surface area contributed by atoms with E-state index in [4.69, 9.17) is 0 Å². The van der Waals surface area contributed by atoms with Crippen LogP contribution in [0.5, 0.6) is 0 Å². The minimum absolute atomic E-state index is 0.342. The van der Waals surface area contributed by atoms with Gasteiger partial charge in [-0.1, -0.05) is 13.8 Å². The number of hydrogen-bond acceptors (Lipinski definition) is 3. The second-order valence-corrected chi connectivity index (χ2v) is 6.68. The Labute approximate surface area is 110 Å². The zero-order valence-electron chi connectivity index (χ0n) is 11.6. The number of rotatable bonds is 4. The molecule has 0 N–H and O–H groups in total. The highest BCUT2D eigenvalue weighted by atomic mass is 32.2. The number of likely N-dealkylation sites (N-methyl/N-ethyl adjacent to an activating group) is 1. The Hall–Kier alpha value is -0.220. The summed E-state index contributed by atoms with van der Waals surface area (Å²) in [6.07, 6.45) is 1.83. The Kier molecular flexibility index (Phi) is 6.34. The van der Waals surface area contributed by atoms with Gasteiger partial charge < -0.3 is 9.80 Å². The van der Waals surface area contributed by atoms with Gasteiger partial charge >= 0.3 is 0 Å². The van der Waals surface area contributed by atoms with Crippen molar-refractivity contribution < 1.29 is 4.79 Å². The van der Waals surface area contributed by atoms with Gasteiger partial charge in [-0.25, -0.2) is 0 Å². The Balaban J connectivity index is 2.63. The van der Waals surface area contributed by atoms with Crippen molar-refractivity contribution in [2.75, 3.05) is 38.7 Å².